The minimum atomic E-state index is -0.581. The van der Waals surface area contributed by atoms with Crippen LogP contribution in [0.15, 0.2) is 97.1 Å². The van der Waals surface area contributed by atoms with E-state index in [9.17, 15) is 9.59 Å². The molecule has 5 rings (SSSR count). The van der Waals surface area contributed by atoms with Crippen LogP contribution in [0.3, 0.4) is 0 Å². The predicted molar refractivity (Wildman–Crippen MR) is 141 cm³/mol. The van der Waals surface area contributed by atoms with Crippen LogP contribution in [0.2, 0.25) is 0 Å². The number of aryl methyl sites for hydroxylation is 2. The molecule has 0 unspecified atom stereocenters. The van der Waals surface area contributed by atoms with E-state index in [0.29, 0.717) is 22.2 Å². The number of carbonyl (C=O) groups excluding carboxylic acids is 2. The number of ketones is 1. The molecule has 1 aromatic heterocycles. The van der Waals surface area contributed by atoms with Crippen molar-refractivity contribution in [3.8, 4) is 22.5 Å². The second kappa shape index (κ2) is 9.92. The average Bonchev–Trinajstić information content (AvgIpc) is 2.92. The zero-order chi connectivity index (χ0) is 25.1. The van der Waals surface area contributed by atoms with Crippen LogP contribution >= 0.6 is 0 Å². The van der Waals surface area contributed by atoms with Gasteiger partial charge in [-0.3, -0.25) is 4.79 Å². The Morgan fingerprint density at radius 3 is 1.78 bits per heavy atom. The minimum Gasteiger partial charge on any atom is -0.454 e. The molecule has 5 heteroatoms. The Kier molecular flexibility index (Phi) is 6.37. The third kappa shape index (κ3) is 4.91. The van der Waals surface area contributed by atoms with E-state index in [1.54, 1.807) is 42.5 Å². The van der Waals surface area contributed by atoms with Crippen molar-refractivity contribution in [3.63, 3.8) is 0 Å². The lowest BCUT2D eigenvalue weighted by atomic mass is 10.0. The molecule has 0 amide bonds. The fourth-order valence-electron chi connectivity index (χ4n) is 3.93. The normalized spacial score (nSPS) is 10.8. The number of ether oxygens (including phenoxy) is 1. The summed E-state index contributed by atoms with van der Waals surface area (Å²) in [6.45, 7) is 3.76. The lowest BCUT2D eigenvalue weighted by molar-refractivity contribution is 0.0475. The van der Waals surface area contributed by atoms with Crippen LogP contribution in [0.4, 0.5) is 0 Å². The number of hydrogen-bond donors (Lipinski definition) is 0. The third-order valence-electron chi connectivity index (χ3n) is 5.98. The van der Waals surface area contributed by atoms with Crippen molar-refractivity contribution in [1.29, 1.82) is 0 Å². The predicted octanol–water partition coefficient (Wildman–Crippen LogP) is 6.62. The van der Waals surface area contributed by atoms with E-state index in [4.69, 9.17) is 14.7 Å². The van der Waals surface area contributed by atoms with E-state index >= 15 is 0 Å². The molecule has 0 atom stereocenters. The largest absolute Gasteiger partial charge is 0.454 e. The molecule has 5 aromatic rings. The minimum absolute atomic E-state index is 0.256. The van der Waals surface area contributed by atoms with Crippen LogP contribution < -0.4 is 0 Å². The Morgan fingerprint density at radius 1 is 0.639 bits per heavy atom. The Morgan fingerprint density at radius 2 is 1.19 bits per heavy atom. The zero-order valence-corrected chi connectivity index (χ0v) is 20.1. The van der Waals surface area contributed by atoms with E-state index < -0.39 is 5.97 Å². The van der Waals surface area contributed by atoms with Crippen LogP contribution in [-0.2, 0) is 4.74 Å². The van der Waals surface area contributed by atoms with Gasteiger partial charge in [-0.1, -0.05) is 90.0 Å². The fourth-order valence-corrected chi connectivity index (χ4v) is 3.93. The van der Waals surface area contributed by atoms with Gasteiger partial charge in [0.2, 0.25) is 0 Å². The number of benzene rings is 4. The van der Waals surface area contributed by atoms with Crippen LogP contribution in [0.1, 0.15) is 31.8 Å². The van der Waals surface area contributed by atoms with Crippen molar-refractivity contribution in [1.82, 2.24) is 9.97 Å². The molecule has 0 bridgehead atoms. The zero-order valence-electron chi connectivity index (χ0n) is 20.1. The van der Waals surface area contributed by atoms with E-state index in [-0.39, 0.29) is 12.4 Å². The summed E-state index contributed by atoms with van der Waals surface area (Å²) in [5.74, 6) is -0.837. The fraction of sp³-hybridized carbons (Fsp3) is 0.0968. The molecule has 5 nitrogen and oxygen atoms in total. The van der Waals surface area contributed by atoms with Crippen molar-refractivity contribution < 1.29 is 14.3 Å². The maximum Gasteiger partial charge on any atom is 0.338 e. The van der Waals surface area contributed by atoms with Gasteiger partial charge in [0.25, 0.3) is 0 Å². The monoisotopic (exact) mass is 472 g/mol. The molecular weight excluding hydrogens is 448 g/mol. The smallest absolute Gasteiger partial charge is 0.338 e. The maximum atomic E-state index is 12.7. The Bertz CT molecular complexity index is 1560. The van der Waals surface area contributed by atoms with Crippen LogP contribution in [-0.4, -0.2) is 28.3 Å². The molecule has 0 radical (unpaired) electrons. The third-order valence-corrected chi connectivity index (χ3v) is 5.98. The molecule has 176 valence electrons. The van der Waals surface area contributed by atoms with E-state index in [1.165, 1.54) is 5.56 Å². The van der Waals surface area contributed by atoms with E-state index in [1.807, 2.05) is 56.3 Å². The van der Waals surface area contributed by atoms with Crippen LogP contribution in [0, 0.1) is 13.8 Å². The van der Waals surface area contributed by atoms with Gasteiger partial charge in [-0.05, 0) is 32.0 Å². The van der Waals surface area contributed by atoms with Crippen molar-refractivity contribution in [2.45, 2.75) is 13.8 Å². The molecule has 36 heavy (non-hydrogen) atoms. The first kappa shape index (κ1) is 23.1. The van der Waals surface area contributed by atoms with Crippen molar-refractivity contribution >= 4 is 22.8 Å². The first-order valence-electron chi connectivity index (χ1n) is 11.7. The van der Waals surface area contributed by atoms with Gasteiger partial charge in [0.15, 0.2) is 12.4 Å². The van der Waals surface area contributed by atoms with Gasteiger partial charge in [-0.2, -0.15) is 0 Å². The molecule has 4 aromatic carbocycles. The van der Waals surface area contributed by atoms with Crippen molar-refractivity contribution in [3.05, 3.63) is 119 Å². The molecule has 1 heterocycles. The summed E-state index contributed by atoms with van der Waals surface area (Å²) in [5, 5.41) is 0. The number of carbonyl (C=O) groups is 2. The van der Waals surface area contributed by atoms with Gasteiger partial charge < -0.3 is 4.74 Å². The second-order valence-corrected chi connectivity index (χ2v) is 8.72. The molecular formula is C31H24N2O3. The van der Waals surface area contributed by atoms with Crippen molar-refractivity contribution in [2.75, 3.05) is 6.61 Å². The van der Waals surface area contributed by atoms with Gasteiger partial charge in [0, 0.05) is 16.7 Å². The first-order chi connectivity index (χ1) is 17.5. The number of aromatic nitrogens is 2. The van der Waals surface area contributed by atoms with Crippen LogP contribution in [0.5, 0.6) is 0 Å². The summed E-state index contributed by atoms with van der Waals surface area (Å²) in [6, 6.07) is 30.1. The quantitative estimate of drug-likeness (QED) is 0.205. The Hall–Kier alpha value is -4.64. The number of fused-ring (bicyclic) bond motifs is 1. The number of Topliss-reactive ketones (excluding diaryl/α,β-unsaturated/α-hetero) is 1. The summed E-state index contributed by atoms with van der Waals surface area (Å²) in [5.41, 5.74) is 7.78. The molecule has 0 saturated carbocycles. The standard InChI is InChI=1S/C31H24N2O3/c1-20-8-12-23(13-9-20)29-30(24-14-10-21(2)11-15-24)33-27-18-25(16-17-26(27)32-29)31(35)36-19-28(34)22-6-4-3-5-7-22/h3-18H,19H2,1-2H3. The lowest BCUT2D eigenvalue weighted by Gasteiger charge is -2.12. The molecule has 0 spiro atoms. The molecule has 0 fully saturated rings. The van der Waals surface area contributed by atoms with Crippen LogP contribution in [0.25, 0.3) is 33.5 Å². The lowest BCUT2D eigenvalue weighted by Crippen LogP contribution is -2.14. The highest BCUT2D eigenvalue weighted by Crippen LogP contribution is 2.31. The average molecular weight is 473 g/mol. The highest BCUT2D eigenvalue weighted by Gasteiger charge is 2.16. The van der Waals surface area contributed by atoms with Gasteiger partial charge in [0.05, 0.1) is 28.0 Å². The Labute approximate surface area is 209 Å². The molecule has 0 saturated heterocycles. The number of nitrogens with zero attached hydrogens (tertiary/aromatic N) is 2. The van der Waals surface area contributed by atoms with Gasteiger partial charge in [-0.15, -0.1) is 0 Å². The summed E-state index contributed by atoms with van der Waals surface area (Å²) in [7, 11) is 0. The Balaban J connectivity index is 1.50. The van der Waals surface area contributed by atoms with E-state index in [0.717, 1.165) is 28.1 Å². The molecule has 0 aliphatic rings. The van der Waals surface area contributed by atoms with Crippen molar-refractivity contribution in [2.24, 2.45) is 0 Å². The summed E-state index contributed by atoms with van der Waals surface area (Å²) < 4.78 is 5.29. The molecule has 0 aliphatic heterocycles. The molecule has 0 N–H and O–H groups in total. The second-order valence-electron chi connectivity index (χ2n) is 8.72. The topological polar surface area (TPSA) is 69.2 Å². The van der Waals surface area contributed by atoms with Gasteiger partial charge >= 0.3 is 5.97 Å². The number of rotatable bonds is 6. The summed E-state index contributed by atoms with van der Waals surface area (Å²) in [6.07, 6.45) is 0. The summed E-state index contributed by atoms with van der Waals surface area (Å²) in [4.78, 5) is 34.9. The molecule has 0 aliphatic carbocycles. The van der Waals surface area contributed by atoms with Gasteiger partial charge in [0.1, 0.15) is 0 Å². The highest BCUT2D eigenvalue weighted by atomic mass is 16.5. The summed E-state index contributed by atoms with van der Waals surface area (Å²) >= 11 is 0. The SMILES string of the molecule is Cc1ccc(-c2nc3ccc(C(=O)OCC(=O)c4ccccc4)cc3nc2-c2ccc(C)cc2)cc1. The first-order valence-corrected chi connectivity index (χ1v) is 11.7. The van der Waals surface area contributed by atoms with E-state index in [2.05, 4.69) is 12.1 Å². The number of hydrogen-bond acceptors (Lipinski definition) is 5. The van der Waals surface area contributed by atoms with Gasteiger partial charge in [-0.25, -0.2) is 14.8 Å². The highest BCUT2D eigenvalue weighted by molar-refractivity contribution is 6.00. The number of esters is 1. The maximum absolute atomic E-state index is 12.7.